The van der Waals surface area contributed by atoms with Gasteiger partial charge in [-0.05, 0) is 19.1 Å². The molecule has 0 bridgehead atoms. The lowest BCUT2D eigenvalue weighted by atomic mass is 10.6. The van der Waals surface area contributed by atoms with Crippen molar-refractivity contribution in [2.45, 2.75) is 17.7 Å². The lowest BCUT2D eigenvalue weighted by molar-refractivity contribution is 0.583. The van der Waals surface area contributed by atoms with Gasteiger partial charge >= 0.3 is 0 Å². The fraction of sp³-hybridized carbons (Fsp3) is 0.222. The molecule has 2 aromatic rings. The van der Waals surface area contributed by atoms with Crippen molar-refractivity contribution in [3.63, 3.8) is 0 Å². The molecule has 92 valence electrons. The molecule has 2 heterocycles. The Morgan fingerprint density at radius 1 is 1.41 bits per heavy atom. The molecular weight excluding hydrogens is 300 g/mol. The van der Waals surface area contributed by atoms with Crippen LogP contribution in [0.5, 0.6) is 0 Å². The van der Waals surface area contributed by atoms with Gasteiger partial charge < -0.3 is 0 Å². The second-order valence-electron chi connectivity index (χ2n) is 3.25. The van der Waals surface area contributed by atoms with E-state index in [-0.39, 0.29) is 10.8 Å². The first-order chi connectivity index (χ1) is 7.97. The molecule has 0 fully saturated rings. The smallest absolute Gasteiger partial charge is 0.248 e. The van der Waals surface area contributed by atoms with Crippen LogP contribution in [0.4, 0.5) is 0 Å². The van der Waals surface area contributed by atoms with E-state index in [0.29, 0.717) is 4.34 Å². The number of nitrogens with one attached hydrogen (secondary N) is 1. The van der Waals surface area contributed by atoms with Gasteiger partial charge in [-0.15, -0.1) is 22.7 Å². The van der Waals surface area contributed by atoms with E-state index >= 15 is 0 Å². The van der Waals surface area contributed by atoms with E-state index in [0.717, 1.165) is 21.2 Å². The highest BCUT2D eigenvalue weighted by Gasteiger charge is 2.16. The number of thiophene rings is 1. The van der Waals surface area contributed by atoms with Gasteiger partial charge in [0.25, 0.3) is 0 Å². The summed E-state index contributed by atoms with van der Waals surface area (Å²) in [5.41, 5.74) is 0. The summed E-state index contributed by atoms with van der Waals surface area (Å²) in [6, 6.07) is 3.05. The molecular formula is C9H9ClN2O2S3. The van der Waals surface area contributed by atoms with E-state index < -0.39 is 10.0 Å². The van der Waals surface area contributed by atoms with Crippen LogP contribution in [0.25, 0.3) is 0 Å². The van der Waals surface area contributed by atoms with Gasteiger partial charge in [-0.1, -0.05) is 11.6 Å². The zero-order valence-corrected chi connectivity index (χ0v) is 12.0. The van der Waals surface area contributed by atoms with E-state index in [1.165, 1.54) is 17.4 Å². The summed E-state index contributed by atoms with van der Waals surface area (Å²) >= 11 is 8.20. The van der Waals surface area contributed by atoms with Crippen LogP contribution in [-0.2, 0) is 16.6 Å². The first-order valence-electron chi connectivity index (χ1n) is 4.64. The second-order valence-corrected chi connectivity index (χ2v) is 8.28. The Morgan fingerprint density at radius 2 is 2.18 bits per heavy atom. The molecule has 0 saturated heterocycles. The summed E-state index contributed by atoms with van der Waals surface area (Å²) in [6.07, 6.45) is 1.72. The number of aromatic nitrogens is 1. The summed E-state index contributed by atoms with van der Waals surface area (Å²) in [4.78, 5) is 5.14. The minimum atomic E-state index is -3.48. The first kappa shape index (κ1) is 13.0. The van der Waals surface area contributed by atoms with Crippen molar-refractivity contribution < 1.29 is 8.42 Å². The van der Waals surface area contributed by atoms with Gasteiger partial charge in [-0.2, -0.15) is 0 Å². The van der Waals surface area contributed by atoms with Crippen molar-refractivity contribution in [1.29, 1.82) is 0 Å². The van der Waals surface area contributed by atoms with Crippen LogP contribution in [-0.4, -0.2) is 13.4 Å². The fourth-order valence-electron chi connectivity index (χ4n) is 1.15. The molecule has 0 unspecified atom stereocenters. The normalized spacial score (nSPS) is 11.9. The lowest BCUT2D eigenvalue weighted by Crippen LogP contribution is -2.22. The van der Waals surface area contributed by atoms with Crippen LogP contribution < -0.4 is 4.72 Å². The Kier molecular flexibility index (Phi) is 3.84. The molecule has 0 aliphatic rings. The molecule has 4 nitrogen and oxygen atoms in total. The highest BCUT2D eigenvalue weighted by Crippen LogP contribution is 2.25. The van der Waals surface area contributed by atoms with E-state index in [1.807, 2.05) is 6.92 Å². The molecule has 2 rings (SSSR count). The van der Waals surface area contributed by atoms with Gasteiger partial charge in [0, 0.05) is 11.1 Å². The molecule has 0 saturated carbocycles. The maximum Gasteiger partial charge on any atom is 0.250 e. The SMILES string of the molecule is Cc1cnc(CNS(=O)(=O)c2ccc(Cl)s2)s1. The molecule has 8 heteroatoms. The maximum atomic E-state index is 11.8. The number of nitrogens with zero attached hydrogens (tertiary/aromatic N) is 1. The molecule has 0 spiro atoms. The molecule has 0 aliphatic carbocycles. The molecule has 0 radical (unpaired) electrons. The largest absolute Gasteiger partial charge is 0.250 e. The van der Waals surface area contributed by atoms with Crippen molar-refractivity contribution in [1.82, 2.24) is 9.71 Å². The minimum absolute atomic E-state index is 0.205. The predicted octanol–water partition coefficient (Wildman–Crippen LogP) is 2.64. The Balaban J connectivity index is 2.08. The van der Waals surface area contributed by atoms with Crippen LogP contribution in [0.2, 0.25) is 4.34 Å². The Morgan fingerprint density at radius 3 is 2.71 bits per heavy atom. The maximum absolute atomic E-state index is 11.8. The van der Waals surface area contributed by atoms with Gasteiger partial charge in [0.1, 0.15) is 9.22 Å². The van der Waals surface area contributed by atoms with Crippen LogP contribution in [0.3, 0.4) is 0 Å². The molecule has 0 atom stereocenters. The number of hydrogen-bond donors (Lipinski definition) is 1. The molecule has 1 N–H and O–H groups in total. The Labute approximate surface area is 112 Å². The number of rotatable bonds is 4. The molecule has 0 aliphatic heterocycles. The van der Waals surface area contributed by atoms with Crippen molar-refractivity contribution in [3.8, 4) is 0 Å². The van der Waals surface area contributed by atoms with E-state index in [9.17, 15) is 8.42 Å². The molecule has 0 amide bonds. The fourth-order valence-corrected chi connectivity index (χ4v) is 4.49. The highest BCUT2D eigenvalue weighted by molar-refractivity contribution is 7.91. The van der Waals surface area contributed by atoms with E-state index in [2.05, 4.69) is 9.71 Å². The highest BCUT2D eigenvalue weighted by atomic mass is 35.5. The van der Waals surface area contributed by atoms with Crippen molar-refractivity contribution in [3.05, 3.63) is 32.6 Å². The number of aryl methyl sites for hydroxylation is 1. The van der Waals surface area contributed by atoms with Crippen molar-refractivity contribution in [2.75, 3.05) is 0 Å². The summed E-state index contributed by atoms with van der Waals surface area (Å²) in [6.45, 7) is 2.13. The quantitative estimate of drug-likeness (QED) is 0.944. The zero-order chi connectivity index (χ0) is 12.5. The van der Waals surface area contributed by atoms with Crippen LogP contribution in [0.1, 0.15) is 9.88 Å². The summed E-state index contributed by atoms with van der Waals surface area (Å²) in [7, 11) is -3.48. The lowest BCUT2D eigenvalue weighted by Gasteiger charge is -2.01. The second kappa shape index (κ2) is 5.03. The minimum Gasteiger partial charge on any atom is -0.248 e. The Bertz CT molecular complexity index is 618. The third-order valence-corrected chi connectivity index (χ3v) is 5.93. The molecule has 17 heavy (non-hydrogen) atoms. The monoisotopic (exact) mass is 308 g/mol. The van der Waals surface area contributed by atoms with Gasteiger partial charge in [-0.25, -0.2) is 18.1 Å². The molecule has 2 aromatic heterocycles. The van der Waals surface area contributed by atoms with Gasteiger partial charge in [-0.3, -0.25) is 0 Å². The summed E-state index contributed by atoms with van der Waals surface area (Å²) < 4.78 is 26.8. The van der Waals surface area contributed by atoms with Crippen molar-refractivity contribution in [2.24, 2.45) is 0 Å². The molecule has 0 aromatic carbocycles. The van der Waals surface area contributed by atoms with E-state index in [1.54, 1.807) is 12.3 Å². The number of thiazole rings is 1. The average molecular weight is 309 g/mol. The standard InChI is InChI=1S/C9H9ClN2O2S3/c1-6-4-11-8(15-6)5-12-17(13,14)9-3-2-7(10)16-9/h2-4,12H,5H2,1H3. The van der Waals surface area contributed by atoms with Crippen LogP contribution >= 0.6 is 34.3 Å². The van der Waals surface area contributed by atoms with Crippen LogP contribution in [0, 0.1) is 6.92 Å². The summed E-state index contributed by atoms with van der Waals surface area (Å²) in [5, 5.41) is 0.744. The van der Waals surface area contributed by atoms with Gasteiger partial charge in [0.05, 0.1) is 10.9 Å². The van der Waals surface area contributed by atoms with Crippen molar-refractivity contribution >= 4 is 44.3 Å². The zero-order valence-electron chi connectivity index (χ0n) is 8.81. The Hall–Kier alpha value is -0.470. The third-order valence-electron chi connectivity index (χ3n) is 1.90. The first-order valence-corrected chi connectivity index (χ1v) is 8.13. The van der Waals surface area contributed by atoms with E-state index in [4.69, 9.17) is 11.6 Å². The number of sulfonamides is 1. The number of hydrogen-bond acceptors (Lipinski definition) is 5. The van der Waals surface area contributed by atoms with Gasteiger partial charge in [0.2, 0.25) is 10.0 Å². The summed E-state index contributed by atoms with van der Waals surface area (Å²) in [5.74, 6) is 0. The number of halogens is 1. The third kappa shape index (κ3) is 3.26. The topological polar surface area (TPSA) is 59.1 Å². The van der Waals surface area contributed by atoms with Crippen LogP contribution in [0.15, 0.2) is 22.5 Å². The predicted molar refractivity (Wildman–Crippen MR) is 70.2 cm³/mol. The average Bonchev–Trinajstić information content (AvgIpc) is 2.85. The van der Waals surface area contributed by atoms with Gasteiger partial charge in [0.15, 0.2) is 0 Å².